The van der Waals surface area contributed by atoms with Gasteiger partial charge in [-0.1, -0.05) is 41.9 Å². The zero-order valence-corrected chi connectivity index (χ0v) is 22.0. The van der Waals surface area contributed by atoms with Crippen molar-refractivity contribution in [1.29, 1.82) is 0 Å². The van der Waals surface area contributed by atoms with Crippen molar-refractivity contribution in [1.82, 2.24) is 10.2 Å². The largest absolute Gasteiger partial charge is 0.497 e. The molecule has 0 aliphatic heterocycles. The van der Waals surface area contributed by atoms with Crippen LogP contribution in [0.15, 0.2) is 40.9 Å². The van der Waals surface area contributed by atoms with Gasteiger partial charge >= 0.3 is 0 Å². The van der Waals surface area contributed by atoms with Gasteiger partial charge in [0.25, 0.3) is 5.91 Å². The molecule has 0 saturated heterocycles. The van der Waals surface area contributed by atoms with E-state index in [9.17, 15) is 9.59 Å². The molecule has 2 amide bonds. The van der Waals surface area contributed by atoms with E-state index in [4.69, 9.17) is 9.47 Å². The minimum absolute atomic E-state index is 0.0365. The Balaban J connectivity index is 2.25. The number of carbonyl (C=O) groups excluding carboxylic acids is 2. The number of hydrogen-bond donors (Lipinski definition) is 1. The minimum Gasteiger partial charge on any atom is -0.497 e. The summed E-state index contributed by atoms with van der Waals surface area (Å²) in [5.41, 5.74) is 2.98. The molecule has 33 heavy (non-hydrogen) atoms. The van der Waals surface area contributed by atoms with E-state index in [-0.39, 0.29) is 24.5 Å². The molecular weight excluding hydrogens is 484 g/mol. The average molecular weight is 519 g/mol. The topological polar surface area (TPSA) is 67.9 Å². The van der Waals surface area contributed by atoms with Crippen LogP contribution >= 0.6 is 15.9 Å². The molecular formula is C26H35BrN2O4. The van der Waals surface area contributed by atoms with Crippen LogP contribution in [0.5, 0.6) is 11.5 Å². The lowest BCUT2D eigenvalue weighted by atomic mass is 10.1. The minimum atomic E-state index is -0.592. The fraction of sp³-hybridized carbons (Fsp3) is 0.462. The van der Waals surface area contributed by atoms with Gasteiger partial charge in [-0.3, -0.25) is 9.59 Å². The molecule has 2 aromatic carbocycles. The molecule has 0 radical (unpaired) electrons. The molecule has 0 saturated carbocycles. The number of methoxy groups -OCH3 is 1. The molecule has 180 valence electrons. The zero-order chi connectivity index (χ0) is 24.5. The Hall–Kier alpha value is -2.54. The summed E-state index contributed by atoms with van der Waals surface area (Å²) < 4.78 is 12.1. The number of carbonyl (C=O) groups is 2. The standard InChI is InChI=1S/C26H35BrN2O4/c1-7-19(5)28-26(31)23(8-2)29(15-20-9-11-21(32-6)12-10-20)24(30)16-33-22-13-17(3)25(27)18(4)14-22/h9-14,19,23H,7-8,15-16H2,1-6H3,(H,28,31). The molecule has 2 unspecified atom stereocenters. The van der Waals surface area contributed by atoms with Gasteiger partial charge in [0.05, 0.1) is 7.11 Å². The summed E-state index contributed by atoms with van der Waals surface area (Å²) in [7, 11) is 1.61. The molecule has 0 aliphatic carbocycles. The van der Waals surface area contributed by atoms with Crippen LogP contribution in [0.25, 0.3) is 0 Å². The van der Waals surface area contributed by atoms with Gasteiger partial charge < -0.3 is 19.7 Å². The second kappa shape index (κ2) is 12.6. The first kappa shape index (κ1) is 26.7. The number of hydrogen-bond acceptors (Lipinski definition) is 4. The molecule has 0 aliphatic rings. The third kappa shape index (κ3) is 7.49. The van der Waals surface area contributed by atoms with Crippen molar-refractivity contribution in [2.45, 2.75) is 66.1 Å². The Bertz CT molecular complexity index is 923. The lowest BCUT2D eigenvalue weighted by Gasteiger charge is -2.31. The first-order valence-corrected chi connectivity index (χ1v) is 12.1. The van der Waals surface area contributed by atoms with E-state index in [0.29, 0.717) is 18.7 Å². The van der Waals surface area contributed by atoms with Gasteiger partial charge in [-0.05, 0) is 74.6 Å². The number of nitrogens with one attached hydrogen (secondary N) is 1. The predicted molar refractivity (Wildman–Crippen MR) is 135 cm³/mol. The van der Waals surface area contributed by atoms with Crippen LogP contribution in [0.2, 0.25) is 0 Å². The Morgan fingerprint density at radius 1 is 1.03 bits per heavy atom. The molecule has 6 nitrogen and oxygen atoms in total. The highest BCUT2D eigenvalue weighted by Crippen LogP contribution is 2.26. The van der Waals surface area contributed by atoms with Crippen LogP contribution < -0.4 is 14.8 Å². The first-order chi connectivity index (χ1) is 15.7. The van der Waals surface area contributed by atoms with Crippen molar-refractivity contribution in [3.63, 3.8) is 0 Å². The number of halogens is 1. The Morgan fingerprint density at radius 2 is 1.64 bits per heavy atom. The summed E-state index contributed by atoms with van der Waals surface area (Å²) in [4.78, 5) is 27.9. The number of nitrogens with zero attached hydrogens (tertiary/aromatic N) is 1. The fourth-order valence-electron chi connectivity index (χ4n) is 3.51. The molecule has 2 aromatic rings. The molecule has 0 heterocycles. The Labute approximate surface area is 205 Å². The smallest absolute Gasteiger partial charge is 0.261 e. The SMILES string of the molecule is CCC(C)NC(=O)C(CC)N(Cc1ccc(OC)cc1)C(=O)COc1cc(C)c(Br)c(C)c1. The van der Waals surface area contributed by atoms with Gasteiger partial charge in [-0.2, -0.15) is 0 Å². The third-order valence-electron chi connectivity index (χ3n) is 5.67. The average Bonchev–Trinajstić information content (AvgIpc) is 2.80. The maximum absolute atomic E-state index is 13.3. The lowest BCUT2D eigenvalue weighted by Crippen LogP contribution is -2.51. The maximum atomic E-state index is 13.3. The van der Waals surface area contributed by atoms with E-state index < -0.39 is 6.04 Å². The quantitative estimate of drug-likeness (QED) is 0.445. The van der Waals surface area contributed by atoms with E-state index in [1.165, 1.54) is 0 Å². The van der Waals surface area contributed by atoms with E-state index in [0.717, 1.165) is 33.3 Å². The fourth-order valence-corrected chi connectivity index (χ4v) is 3.73. The van der Waals surface area contributed by atoms with Gasteiger partial charge in [0.15, 0.2) is 6.61 Å². The lowest BCUT2D eigenvalue weighted by molar-refractivity contribution is -0.143. The van der Waals surface area contributed by atoms with Crippen LogP contribution in [0.3, 0.4) is 0 Å². The van der Waals surface area contributed by atoms with E-state index in [1.807, 2.05) is 71.0 Å². The van der Waals surface area contributed by atoms with Crippen molar-refractivity contribution in [3.8, 4) is 11.5 Å². The van der Waals surface area contributed by atoms with Crippen molar-refractivity contribution >= 4 is 27.7 Å². The predicted octanol–water partition coefficient (Wildman–Crippen LogP) is 5.18. The number of ether oxygens (including phenoxy) is 2. The van der Waals surface area contributed by atoms with Gasteiger partial charge in [0.1, 0.15) is 17.5 Å². The highest BCUT2D eigenvalue weighted by atomic mass is 79.9. The normalized spacial score (nSPS) is 12.6. The monoisotopic (exact) mass is 518 g/mol. The van der Waals surface area contributed by atoms with Crippen LogP contribution in [0.4, 0.5) is 0 Å². The van der Waals surface area contributed by atoms with Gasteiger partial charge in [-0.25, -0.2) is 0 Å². The van der Waals surface area contributed by atoms with Crippen LogP contribution in [0, 0.1) is 13.8 Å². The number of benzene rings is 2. The van der Waals surface area contributed by atoms with Crippen LogP contribution in [0.1, 0.15) is 50.3 Å². The van der Waals surface area contributed by atoms with Crippen molar-refractivity contribution in [3.05, 3.63) is 57.6 Å². The van der Waals surface area contributed by atoms with Gasteiger partial charge in [-0.15, -0.1) is 0 Å². The van der Waals surface area contributed by atoms with Gasteiger partial charge in [0.2, 0.25) is 5.91 Å². The van der Waals surface area contributed by atoms with Gasteiger partial charge in [0, 0.05) is 17.1 Å². The molecule has 2 rings (SSSR count). The van der Waals surface area contributed by atoms with Crippen molar-refractivity contribution in [2.75, 3.05) is 13.7 Å². The Morgan fingerprint density at radius 3 is 2.15 bits per heavy atom. The molecule has 2 atom stereocenters. The van der Waals surface area contributed by atoms with E-state index >= 15 is 0 Å². The molecule has 1 N–H and O–H groups in total. The van der Waals surface area contributed by atoms with Crippen LogP contribution in [-0.2, 0) is 16.1 Å². The van der Waals surface area contributed by atoms with E-state index in [2.05, 4.69) is 21.2 Å². The summed E-state index contributed by atoms with van der Waals surface area (Å²) in [5.74, 6) is 0.977. The van der Waals surface area contributed by atoms with E-state index in [1.54, 1.807) is 12.0 Å². The van der Waals surface area contributed by atoms with Crippen molar-refractivity contribution in [2.24, 2.45) is 0 Å². The highest BCUT2D eigenvalue weighted by Gasteiger charge is 2.29. The highest BCUT2D eigenvalue weighted by molar-refractivity contribution is 9.10. The second-order valence-electron chi connectivity index (χ2n) is 8.27. The number of amides is 2. The van der Waals surface area contributed by atoms with Crippen LogP contribution in [-0.4, -0.2) is 42.5 Å². The number of aryl methyl sites for hydroxylation is 2. The Kier molecular flexibility index (Phi) is 10.2. The summed E-state index contributed by atoms with van der Waals surface area (Å²) in [6, 6.07) is 10.7. The third-order valence-corrected chi connectivity index (χ3v) is 6.92. The summed E-state index contributed by atoms with van der Waals surface area (Å²) in [6.45, 7) is 10.0. The first-order valence-electron chi connectivity index (χ1n) is 11.3. The molecule has 0 aromatic heterocycles. The zero-order valence-electron chi connectivity index (χ0n) is 20.4. The maximum Gasteiger partial charge on any atom is 0.261 e. The molecule has 0 spiro atoms. The van der Waals surface area contributed by atoms with Crippen molar-refractivity contribution < 1.29 is 19.1 Å². The summed E-state index contributed by atoms with van der Waals surface area (Å²) in [6.07, 6.45) is 1.32. The molecule has 7 heteroatoms. The second-order valence-corrected chi connectivity index (χ2v) is 9.06. The number of rotatable bonds is 11. The summed E-state index contributed by atoms with van der Waals surface area (Å²) in [5, 5.41) is 3.02. The summed E-state index contributed by atoms with van der Waals surface area (Å²) >= 11 is 3.55. The molecule has 0 bridgehead atoms. The molecule has 0 fully saturated rings.